The molecule has 0 aliphatic carbocycles. The molecule has 0 N–H and O–H groups in total. The molecule has 0 spiro atoms. The summed E-state index contributed by atoms with van der Waals surface area (Å²) in [5.74, 6) is 0. The van der Waals surface area contributed by atoms with Crippen LogP contribution in [0.5, 0.6) is 0 Å². The van der Waals surface area contributed by atoms with Gasteiger partial charge in [0.15, 0.2) is 0 Å². The van der Waals surface area contributed by atoms with Crippen LogP contribution in [0.15, 0.2) is 95.4 Å². The van der Waals surface area contributed by atoms with E-state index in [-0.39, 0.29) is 0 Å². The van der Waals surface area contributed by atoms with Crippen molar-refractivity contribution in [3.63, 3.8) is 0 Å². The fourth-order valence-corrected chi connectivity index (χ4v) is 4.70. The van der Waals surface area contributed by atoms with Crippen LogP contribution in [0.3, 0.4) is 0 Å². The van der Waals surface area contributed by atoms with Crippen molar-refractivity contribution in [1.82, 2.24) is 0 Å². The Morgan fingerprint density at radius 3 is 1.76 bits per heavy atom. The van der Waals surface area contributed by atoms with E-state index >= 15 is 0 Å². The second-order valence-corrected chi connectivity index (χ2v) is 10.0. The summed E-state index contributed by atoms with van der Waals surface area (Å²) < 4.78 is 19.3. The number of fused-ring (bicyclic) bond motifs is 3. The van der Waals surface area contributed by atoms with Gasteiger partial charge in [-0.3, -0.25) is 0 Å². The van der Waals surface area contributed by atoms with Crippen molar-refractivity contribution in [2.75, 3.05) is 0 Å². The zero-order valence-electron chi connectivity index (χ0n) is 20.0. The zero-order valence-corrected chi connectivity index (χ0v) is 20.0. The van der Waals surface area contributed by atoms with E-state index < -0.39 is 18.3 Å². The summed E-state index contributed by atoms with van der Waals surface area (Å²) in [6.45, 7) is 8.29. The first-order chi connectivity index (χ1) is 16.3. The summed E-state index contributed by atoms with van der Waals surface area (Å²) in [6, 6.07) is 31.6. The van der Waals surface area contributed by atoms with Crippen LogP contribution in [-0.4, -0.2) is 18.3 Å². The van der Waals surface area contributed by atoms with Crippen molar-refractivity contribution >= 4 is 34.5 Å². The minimum Gasteiger partial charge on any atom is -0.456 e. The molecule has 1 aliphatic rings. The van der Waals surface area contributed by atoms with Crippen LogP contribution in [0.2, 0.25) is 0 Å². The Morgan fingerprint density at radius 1 is 0.529 bits per heavy atom. The molecule has 3 nitrogen and oxygen atoms in total. The van der Waals surface area contributed by atoms with Crippen molar-refractivity contribution in [3.05, 3.63) is 91.0 Å². The maximum Gasteiger partial charge on any atom is 0.498 e. The van der Waals surface area contributed by atoms with Gasteiger partial charge in [-0.2, -0.15) is 0 Å². The monoisotopic (exact) mass is 446 g/mol. The van der Waals surface area contributed by atoms with Crippen molar-refractivity contribution < 1.29 is 13.7 Å². The van der Waals surface area contributed by atoms with Crippen molar-refractivity contribution in [3.8, 4) is 22.3 Å². The third-order valence-corrected chi connectivity index (χ3v) is 7.37. The first-order valence-electron chi connectivity index (χ1n) is 11.8. The normalized spacial score (nSPS) is 17.0. The first kappa shape index (κ1) is 21.2. The van der Waals surface area contributed by atoms with E-state index in [1.165, 1.54) is 11.1 Å². The van der Waals surface area contributed by atoms with Crippen LogP contribution in [0.4, 0.5) is 0 Å². The Bertz CT molecular complexity index is 1480. The minimum atomic E-state index is -0.470. The van der Waals surface area contributed by atoms with Gasteiger partial charge in [0.2, 0.25) is 0 Å². The van der Waals surface area contributed by atoms with Crippen LogP contribution in [-0.2, 0) is 9.31 Å². The van der Waals surface area contributed by atoms with Crippen LogP contribution >= 0.6 is 0 Å². The molecule has 0 bridgehead atoms. The highest BCUT2D eigenvalue weighted by Crippen LogP contribution is 2.39. The third-order valence-electron chi connectivity index (χ3n) is 7.37. The fraction of sp³-hybridized carbons (Fsp3) is 0.200. The largest absolute Gasteiger partial charge is 0.498 e. The smallest absolute Gasteiger partial charge is 0.456 e. The van der Waals surface area contributed by atoms with E-state index in [9.17, 15) is 0 Å². The summed E-state index contributed by atoms with van der Waals surface area (Å²) >= 11 is 0. The summed E-state index contributed by atoms with van der Waals surface area (Å²) in [5, 5.41) is 2.17. The van der Waals surface area contributed by atoms with Gasteiger partial charge in [0.25, 0.3) is 0 Å². The summed E-state index contributed by atoms with van der Waals surface area (Å²) in [6.07, 6.45) is 0. The van der Waals surface area contributed by atoms with E-state index in [0.29, 0.717) is 0 Å². The van der Waals surface area contributed by atoms with Crippen LogP contribution in [0, 0.1) is 0 Å². The Hall–Kier alpha value is -3.34. The van der Waals surface area contributed by atoms with Crippen molar-refractivity contribution in [1.29, 1.82) is 0 Å². The van der Waals surface area contributed by atoms with E-state index in [4.69, 9.17) is 13.7 Å². The molecular formula is C30H27BO3. The standard InChI is InChI=1S/C30H27BO3/c1-29(2)30(3,4)34-31(33-29)26-15-9-14-25-24-13-8-12-23(27(24)32-28(25)26)22-18-16-21(17-19-22)20-10-6-5-7-11-20/h5-19H,1-4H3. The molecule has 1 fully saturated rings. The quantitative estimate of drug-likeness (QED) is 0.274. The lowest BCUT2D eigenvalue weighted by Crippen LogP contribution is -2.41. The topological polar surface area (TPSA) is 31.6 Å². The van der Waals surface area contributed by atoms with Gasteiger partial charge in [-0.15, -0.1) is 0 Å². The van der Waals surface area contributed by atoms with Gasteiger partial charge in [-0.25, -0.2) is 0 Å². The van der Waals surface area contributed by atoms with E-state index in [2.05, 4.69) is 107 Å². The molecule has 0 radical (unpaired) electrons. The van der Waals surface area contributed by atoms with Gasteiger partial charge in [-0.1, -0.05) is 91.0 Å². The van der Waals surface area contributed by atoms with Gasteiger partial charge in [0.1, 0.15) is 11.2 Å². The zero-order chi connectivity index (χ0) is 23.5. The predicted octanol–water partition coefficient (Wildman–Crippen LogP) is 7.22. The maximum atomic E-state index is 6.57. The number of furan rings is 1. The Balaban J connectivity index is 1.46. The Kier molecular flexibility index (Phi) is 4.74. The van der Waals surface area contributed by atoms with Gasteiger partial charge >= 0.3 is 7.12 Å². The lowest BCUT2D eigenvalue weighted by Gasteiger charge is -2.32. The van der Waals surface area contributed by atoms with Gasteiger partial charge in [0, 0.05) is 21.8 Å². The first-order valence-corrected chi connectivity index (χ1v) is 11.8. The number of hydrogen-bond acceptors (Lipinski definition) is 3. The van der Waals surface area contributed by atoms with Crippen molar-refractivity contribution in [2.45, 2.75) is 38.9 Å². The maximum absolute atomic E-state index is 6.57. The Morgan fingerprint density at radius 2 is 1.09 bits per heavy atom. The molecule has 1 saturated heterocycles. The number of benzene rings is 4. The molecule has 1 aliphatic heterocycles. The second-order valence-electron chi connectivity index (χ2n) is 10.0. The van der Waals surface area contributed by atoms with E-state index in [0.717, 1.165) is 38.5 Å². The predicted molar refractivity (Wildman–Crippen MR) is 140 cm³/mol. The summed E-state index contributed by atoms with van der Waals surface area (Å²) in [4.78, 5) is 0. The average molecular weight is 446 g/mol. The van der Waals surface area contributed by atoms with Crippen LogP contribution < -0.4 is 5.46 Å². The molecule has 0 unspecified atom stereocenters. The second kappa shape index (κ2) is 7.59. The highest BCUT2D eigenvalue weighted by Gasteiger charge is 2.52. The molecule has 1 aromatic heterocycles. The summed E-state index contributed by atoms with van der Waals surface area (Å²) in [5.41, 5.74) is 6.44. The average Bonchev–Trinajstić information content (AvgIpc) is 3.33. The Labute approximate surface area is 200 Å². The highest BCUT2D eigenvalue weighted by molar-refractivity contribution is 6.65. The molecule has 5 aromatic rings. The molecule has 0 atom stereocenters. The molecule has 0 saturated carbocycles. The third kappa shape index (κ3) is 3.29. The van der Waals surface area contributed by atoms with Crippen molar-refractivity contribution in [2.24, 2.45) is 0 Å². The highest BCUT2D eigenvalue weighted by atomic mass is 16.7. The fourth-order valence-electron chi connectivity index (χ4n) is 4.70. The molecule has 4 aromatic carbocycles. The van der Waals surface area contributed by atoms with E-state index in [1.807, 2.05) is 12.1 Å². The van der Waals surface area contributed by atoms with Gasteiger partial charge < -0.3 is 13.7 Å². The molecular weight excluding hydrogens is 419 g/mol. The molecule has 6 rings (SSSR count). The molecule has 0 amide bonds. The summed E-state index contributed by atoms with van der Waals surface area (Å²) in [7, 11) is -0.470. The lowest BCUT2D eigenvalue weighted by molar-refractivity contribution is 0.00578. The lowest BCUT2D eigenvalue weighted by atomic mass is 9.78. The minimum absolute atomic E-state index is 0.405. The number of para-hydroxylation sites is 2. The van der Waals surface area contributed by atoms with Gasteiger partial charge in [0.05, 0.1) is 11.2 Å². The molecule has 34 heavy (non-hydrogen) atoms. The SMILES string of the molecule is CC1(C)OB(c2cccc3c2oc2c(-c4ccc(-c5ccccc5)cc4)cccc23)OC1(C)C. The number of hydrogen-bond donors (Lipinski definition) is 0. The number of rotatable bonds is 3. The van der Waals surface area contributed by atoms with Crippen LogP contribution in [0.25, 0.3) is 44.2 Å². The molecule has 168 valence electrons. The van der Waals surface area contributed by atoms with E-state index in [1.54, 1.807) is 0 Å². The van der Waals surface area contributed by atoms with Crippen LogP contribution in [0.1, 0.15) is 27.7 Å². The molecule has 4 heteroatoms. The molecule has 2 heterocycles. The van der Waals surface area contributed by atoms with Gasteiger partial charge in [-0.05, 0) is 44.4 Å².